The van der Waals surface area contributed by atoms with Gasteiger partial charge in [0.1, 0.15) is 5.75 Å². The van der Waals surface area contributed by atoms with Gasteiger partial charge in [0.2, 0.25) is 0 Å². The Hall–Kier alpha value is -0.290. The SMILES string of the molecule is C[C@H]1CN(CCCOc2ccc(Cl)cc2Br)C[C@H](C)O1. The minimum atomic E-state index is 0.324. The molecule has 0 aliphatic carbocycles. The number of rotatable bonds is 5. The molecule has 0 saturated carbocycles. The lowest BCUT2D eigenvalue weighted by atomic mass is 10.2. The van der Waals surface area contributed by atoms with Crippen molar-refractivity contribution in [2.45, 2.75) is 32.5 Å². The average molecular weight is 363 g/mol. The van der Waals surface area contributed by atoms with Gasteiger partial charge in [-0.15, -0.1) is 0 Å². The summed E-state index contributed by atoms with van der Waals surface area (Å²) in [7, 11) is 0. The van der Waals surface area contributed by atoms with Gasteiger partial charge in [-0.05, 0) is 54.4 Å². The van der Waals surface area contributed by atoms with Crippen LogP contribution in [0.5, 0.6) is 5.75 Å². The van der Waals surface area contributed by atoms with Crippen LogP contribution in [-0.4, -0.2) is 43.3 Å². The fourth-order valence-corrected chi connectivity index (χ4v) is 3.33. The Balaban J connectivity index is 1.71. The normalized spacial score (nSPS) is 23.8. The molecule has 0 bridgehead atoms. The van der Waals surface area contributed by atoms with Gasteiger partial charge in [0.25, 0.3) is 0 Å². The van der Waals surface area contributed by atoms with Crippen LogP contribution >= 0.6 is 27.5 Å². The van der Waals surface area contributed by atoms with Crippen LogP contribution in [0.15, 0.2) is 22.7 Å². The van der Waals surface area contributed by atoms with E-state index in [0.29, 0.717) is 23.8 Å². The summed E-state index contributed by atoms with van der Waals surface area (Å²) in [4.78, 5) is 2.44. The zero-order chi connectivity index (χ0) is 14.5. The highest BCUT2D eigenvalue weighted by atomic mass is 79.9. The third-order valence-corrected chi connectivity index (χ3v) is 4.12. The molecule has 1 saturated heterocycles. The molecule has 20 heavy (non-hydrogen) atoms. The van der Waals surface area contributed by atoms with E-state index in [4.69, 9.17) is 21.1 Å². The molecule has 2 rings (SSSR count). The zero-order valence-corrected chi connectivity index (χ0v) is 14.3. The smallest absolute Gasteiger partial charge is 0.133 e. The van der Waals surface area contributed by atoms with Crippen LogP contribution in [0.4, 0.5) is 0 Å². The Morgan fingerprint density at radius 3 is 2.70 bits per heavy atom. The van der Waals surface area contributed by atoms with Crippen molar-refractivity contribution in [2.75, 3.05) is 26.2 Å². The van der Waals surface area contributed by atoms with Crippen LogP contribution in [0.2, 0.25) is 5.02 Å². The van der Waals surface area contributed by atoms with Crippen LogP contribution in [-0.2, 0) is 4.74 Å². The lowest BCUT2D eigenvalue weighted by Crippen LogP contribution is -2.45. The number of hydrogen-bond acceptors (Lipinski definition) is 3. The maximum atomic E-state index is 5.90. The molecule has 0 unspecified atom stereocenters. The molecule has 112 valence electrons. The van der Waals surface area contributed by atoms with Gasteiger partial charge in [0.05, 0.1) is 23.3 Å². The molecule has 0 amide bonds. The number of hydrogen-bond donors (Lipinski definition) is 0. The predicted octanol–water partition coefficient (Wildman–Crippen LogP) is 3.98. The van der Waals surface area contributed by atoms with Crippen molar-refractivity contribution in [1.82, 2.24) is 4.90 Å². The summed E-state index contributed by atoms with van der Waals surface area (Å²) in [6, 6.07) is 5.58. The van der Waals surface area contributed by atoms with Crippen LogP contribution < -0.4 is 4.74 Å². The third kappa shape index (κ3) is 4.92. The number of benzene rings is 1. The molecule has 1 aromatic rings. The molecule has 1 heterocycles. The van der Waals surface area contributed by atoms with Crippen LogP contribution in [0.3, 0.4) is 0 Å². The molecule has 1 aromatic carbocycles. The number of morpholine rings is 1. The molecule has 0 spiro atoms. The van der Waals surface area contributed by atoms with E-state index in [9.17, 15) is 0 Å². The molecule has 0 N–H and O–H groups in total. The second-order valence-corrected chi connectivity index (χ2v) is 6.58. The van der Waals surface area contributed by atoms with Crippen molar-refractivity contribution >= 4 is 27.5 Å². The van der Waals surface area contributed by atoms with Gasteiger partial charge >= 0.3 is 0 Å². The van der Waals surface area contributed by atoms with E-state index in [2.05, 4.69) is 34.7 Å². The Labute approximate surface area is 134 Å². The van der Waals surface area contributed by atoms with E-state index in [0.717, 1.165) is 36.3 Å². The first-order valence-corrected chi connectivity index (χ1v) is 8.17. The van der Waals surface area contributed by atoms with E-state index >= 15 is 0 Å². The molecule has 3 nitrogen and oxygen atoms in total. The van der Waals surface area contributed by atoms with Gasteiger partial charge in [-0.2, -0.15) is 0 Å². The van der Waals surface area contributed by atoms with E-state index in [1.54, 1.807) is 0 Å². The highest BCUT2D eigenvalue weighted by Crippen LogP contribution is 2.28. The molecule has 1 aliphatic rings. The van der Waals surface area contributed by atoms with Crippen molar-refractivity contribution in [1.29, 1.82) is 0 Å². The molecule has 5 heteroatoms. The monoisotopic (exact) mass is 361 g/mol. The van der Waals surface area contributed by atoms with Gasteiger partial charge in [-0.1, -0.05) is 11.6 Å². The van der Waals surface area contributed by atoms with Crippen LogP contribution in [0, 0.1) is 0 Å². The molecule has 1 fully saturated rings. The Bertz CT molecular complexity index is 434. The molecule has 0 aromatic heterocycles. The second kappa shape index (κ2) is 7.64. The predicted molar refractivity (Wildman–Crippen MR) is 85.7 cm³/mol. The van der Waals surface area contributed by atoms with E-state index < -0.39 is 0 Å². The minimum Gasteiger partial charge on any atom is -0.492 e. The average Bonchev–Trinajstić information content (AvgIpc) is 2.35. The molecular weight excluding hydrogens is 342 g/mol. The zero-order valence-electron chi connectivity index (χ0n) is 11.9. The maximum Gasteiger partial charge on any atom is 0.133 e. The highest BCUT2D eigenvalue weighted by molar-refractivity contribution is 9.10. The van der Waals surface area contributed by atoms with Gasteiger partial charge in [-0.3, -0.25) is 4.90 Å². The standard InChI is InChI=1S/C15H21BrClNO2/c1-11-9-18(10-12(2)20-11)6-3-7-19-15-5-4-13(17)8-14(15)16/h4-5,8,11-12H,3,6-7,9-10H2,1-2H3/t11-,12-/m0/s1. The fourth-order valence-electron chi connectivity index (χ4n) is 2.53. The molecule has 2 atom stereocenters. The number of ether oxygens (including phenoxy) is 2. The molecule has 0 radical (unpaired) electrons. The van der Waals surface area contributed by atoms with Crippen molar-refractivity contribution in [3.8, 4) is 5.75 Å². The number of halogens is 2. The van der Waals surface area contributed by atoms with E-state index in [1.807, 2.05) is 18.2 Å². The van der Waals surface area contributed by atoms with Gasteiger partial charge < -0.3 is 9.47 Å². The van der Waals surface area contributed by atoms with Gasteiger partial charge in [0, 0.05) is 24.7 Å². The fraction of sp³-hybridized carbons (Fsp3) is 0.600. The lowest BCUT2D eigenvalue weighted by molar-refractivity contribution is -0.0686. The Kier molecular flexibility index (Phi) is 6.15. The quantitative estimate of drug-likeness (QED) is 0.740. The van der Waals surface area contributed by atoms with E-state index in [-0.39, 0.29) is 0 Å². The highest BCUT2D eigenvalue weighted by Gasteiger charge is 2.21. The van der Waals surface area contributed by atoms with Crippen molar-refractivity contribution < 1.29 is 9.47 Å². The van der Waals surface area contributed by atoms with Gasteiger partial charge in [-0.25, -0.2) is 0 Å². The molecular formula is C15H21BrClNO2. The summed E-state index contributed by atoms with van der Waals surface area (Å²) >= 11 is 9.36. The van der Waals surface area contributed by atoms with E-state index in [1.165, 1.54) is 0 Å². The van der Waals surface area contributed by atoms with Crippen LogP contribution in [0.1, 0.15) is 20.3 Å². The largest absolute Gasteiger partial charge is 0.492 e. The summed E-state index contributed by atoms with van der Waals surface area (Å²) in [6.07, 6.45) is 1.66. The first-order chi connectivity index (χ1) is 9.54. The minimum absolute atomic E-state index is 0.324. The second-order valence-electron chi connectivity index (χ2n) is 5.29. The Morgan fingerprint density at radius 2 is 2.05 bits per heavy atom. The van der Waals surface area contributed by atoms with Crippen LogP contribution in [0.25, 0.3) is 0 Å². The Morgan fingerprint density at radius 1 is 1.35 bits per heavy atom. The first kappa shape index (κ1) is 16.1. The summed E-state index contributed by atoms with van der Waals surface area (Å²) in [5, 5.41) is 0.709. The maximum absolute atomic E-state index is 5.90. The summed E-state index contributed by atoms with van der Waals surface area (Å²) in [6.45, 7) is 8.03. The number of nitrogens with zero attached hydrogens (tertiary/aromatic N) is 1. The summed E-state index contributed by atoms with van der Waals surface area (Å²) < 4.78 is 12.4. The van der Waals surface area contributed by atoms with Crippen molar-refractivity contribution in [3.05, 3.63) is 27.7 Å². The van der Waals surface area contributed by atoms with Gasteiger partial charge in [0.15, 0.2) is 0 Å². The van der Waals surface area contributed by atoms with Crippen molar-refractivity contribution in [2.24, 2.45) is 0 Å². The summed E-state index contributed by atoms with van der Waals surface area (Å²) in [5.41, 5.74) is 0. The molecule has 1 aliphatic heterocycles. The van der Waals surface area contributed by atoms with Crippen molar-refractivity contribution in [3.63, 3.8) is 0 Å². The third-order valence-electron chi connectivity index (χ3n) is 3.27. The topological polar surface area (TPSA) is 21.7 Å². The summed E-state index contributed by atoms with van der Waals surface area (Å²) in [5.74, 6) is 0.845. The first-order valence-electron chi connectivity index (χ1n) is 7.00. The lowest BCUT2D eigenvalue weighted by Gasteiger charge is -2.35.